The molecule has 0 spiro atoms. The fourth-order valence-electron chi connectivity index (χ4n) is 2.27. The van der Waals surface area contributed by atoms with Crippen LogP contribution in [0.1, 0.15) is 37.1 Å². The molecule has 21 heavy (non-hydrogen) atoms. The number of aromatic nitrogens is 2. The van der Waals surface area contributed by atoms with Gasteiger partial charge in [0.2, 0.25) is 0 Å². The number of rotatable bonds is 5. The first kappa shape index (κ1) is 16.2. The summed E-state index contributed by atoms with van der Waals surface area (Å²) in [5.41, 5.74) is 4.71. The Balaban J connectivity index is 2.52. The number of nitrogens with zero attached hydrogens (tertiary/aromatic N) is 2. The summed E-state index contributed by atoms with van der Waals surface area (Å²) in [7, 11) is 0. The van der Waals surface area contributed by atoms with Crippen LogP contribution in [0.15, 0.2) is 18.2 Å². The number of aryl methyl sites for hydroxylation is 3. The number of hydrogen-bond acceptors (Lipinski definition) is 3. The van der Waals surface area contributed by atoms with Gasteiger partial charge in [0, 0.05) is 12.1 Å². The van der Waals surface area contributed by atoms with Gasteiger partial charge in [-0.1, -0.05) is 37.6 Å². The van der Waals surface area contributed by atoms with Crippen LogP contribution >= 0.6 is 22.6 Å². The minimum absolute atomic E-state index is 0.823. The lowest BCUT2D eigenvalue weighted by Gasteiger charge is -2.13. The quantitative estimate of drug-likeness (QED) is 0.743. The van der Waals surface area contributed by atoms with Crippen molar-refractivity contribution in [1.82, 2.24) is 9.97 Å². The van der Waals surface area contributed by atoms with Gasteiger partial charge in [-0.15, -0.1) is 0 Å². The largest absolute Gasteiger partial charge is 0.369 e. The molecule has 0 atom stereocenters. The number of benzene rings is 1. The molecule has 1 aromatic heterocycles. The lowest BCUT2D eigenvalue weighted by molar-refractivity contribution is 0.942. The third kappa shape index (κ3) is 3.73. The zero-order chi connectivity index (χ0) is 15.4. The van der Waals surface area contributed by atoms with Gasteiger partial charge in [0.05, 0.1) is 9.26 Å². The van der Waals surface area contributed by atoms with E-state index in [2.05, 4.69) is 73.8 Å². The maximum atomic E-state index is 4.76. The summed E-state index contributed by atoms with van der Waals surface area (Å²) in [4.78, 5) is 9.51. The summed E-state index contributed by atoms with van der Waals surface area (Å²) in [6.45, 7) is 9.46. The zero-order valence-electron chi connectivity index (χ0n) is 13.1. The summed E-state index contributed by atoms with van der Waals surface area (Å²) in [5.74, 6) is 1.78. The minimum Gasteiger partial charge on any atom is -0.369 e. The average Bonchev–Trinajstić information content (AvgIpc) is 2.46. The number of anilines is 1. The number of hydrogen-bond donors (Lipinski definition) is 1. The average molecular weight is 395 g/mol. The Hall–Kier alpha value is -1.17. The van der Waals surface area contributed by atoms with E-state index in [-0.39, 0.29) is 0 Å². The highest BCUT2D eigenvalue weighted by Gasteiger charge is 2.13. The molecule has 1 heterocycles. The van der Waals surface area contributed by atoms with Crippen molar-refractivity contribution in [3.05, 3.63) is 38.6 Å². The summed E-state index contributed by atoms with van der Waals surface area (Å²) in [6.07, 6.45) is 2.00. The normalized spacial score (nSPS) is 10.7. The van der Waals surface area contributed by atoms with Crippen LogP contribution in [0.2, 0.25) is 0 Å². The molecule has 2 aromatic rings. The van der Waals surface area contributed by atoms with Crippen molar-refractivity contribution in [2.45, 2.75) is 40.5 Å². The smallest absolute Gasteiger partial charge is 0.162 e. The monoisotopic (exact) mass is 395 g/mol. The van der Waals surface area contributed by atoms with Crippen LogP contribution in [0, 0.1) is 17.4 Å². The van der Waals surface area contributed by atoms with Crippen molar-refractivity contribution in [2.75, 3.05) is 11.9 Å². The second-order valence-electron chi connectivity index (χ2n) is 5.26. The van der Waals surface area contributed by atoms with E-state index in [1.165, 1.54) is 11.1 Å². The van der Waals surface area contributed by atoms with Gasteiger partial charge in [-0.3, -0.25) is 0 Å². The van der Waals surface area contributed by atoms with Crippen LogP contribution in [-0.2, 0) is 6.42 Å². The maximum absolute atomic E-state index is 4.76. The SMILES string of the molecule is CCCNc1nc(-c2ccc(C)cc2C)nc(CC)c1I. The molecule has 0 saturated heterocycles. The van der Waals surface area contributed by atoms with Gasteiger partial charge in [-0.25, -0.2) is 9.97 Å². The van der Waals surface area contributed by atoms with Gasteiger partial charge in [-0.05, 0) is 54.8 Å². The molecular weight excluding hydrogens is 373 g/mol. The summed E-state index contributed by atoms with van der Waals surface area (Å²) < 4.78 is 1.14. The molecule has 0 aliphatic heterocycles. The first-order valence-corrected chi connectivity index (χ1v) is 8.52. The van der Waals surface area contributed by atoms with Crippen LogP contribution in [0.5, 0.6) is 0 Å². The second kappa shape index (κ2) is 7.20. The van der Waals surface area contributed by atoms with Gasteiger partial charge in [0.25, 0.3) is 0 Å². The van der Waals surface area contributed by atoms with Crippen molar-refractivity contribution in [2.24, 2.45) is 0 Å². The third-order valence-electron chi connectivity index (χ3n) is 3.42. The van der Waals surface area contributed by atoms with Crippen LogP contribution < -0.4 is 5.32 Å². The zero-order valence-corrected chi connectivity index (χ0v) is 15.3. The highest BCUT2D eigenvalue weighted by Crippen LogP contribution is 2.26. The van der Waals surface area contributed by atoms with E-state index in [9.17, 15) is 0 Å². The molecular formula is C17H22IN3. The van der Waals surface area contributed by atoms with Gasteiger partial charge < -0.3 is 5.32 Å². The molecule has 0 bridgehead atoms. The predicted molar refractivity (Wildman–Crippen MR) is 97.8 cm³/mol. The minimum atomic E-state index is 0.823. The van der Waals surface area contributed by atoms with Crippen LogP contribution in [0.25, 0.3) is 11.4 Å². The second-order valence-corrected chi connectivity index (χ2v) is 6.33. The van der Waals surface area contributed by atoms with E-state index >= 15 is 0 Å². The molecule has 0 amide bonds. The van der Waals surface area contributed by atoms with Crippen molar-refractivity contribution in [1.29, 1.82) is 0 Å². The third-order valence-corrected chi connectivity index (χ3v) is 4.55. The molecule has 1 aromatic carbocycles. The number of nitrogens with one attached hydrogen (secondary N) is 1. The Bertz CT molecular complexity index is 638. The van der Waals surface area contributed by atoms with E-state index in [1.807, 2.05) is 0 Å². The Morgan fingerprint density at radius 1 is 1.14 bits per heavy atom. The lowest BCUT2D eigenvalue weighted by Crippen LogP contribution is -2.09. The fraction of sp³-hybridized carbons (Fsp3) is 0.412. The van der Waals surface area contributed by atoms with Crippen molar-refractivity contribution in [3.8, 4) is 11.4 Å². The van der Waals surface area contributed by atoms with Crippen LogP contribution in [-0.4, -0.2) is 16.5 Å². The molecule has 1 N–H and O–H groups in total. The van der Waals surface area contributed by atoms with Gasteiger partial charge in [0.1, 0.15) is 5.82 Å². The molecule has 0 radical (unpaired) electrons. The molecule has 0 fully saturated rings. The Kier molecular flexibility index (Phi) is 5.56. The summed E-state index contributed by atoms with van der Waals surface area (Å²) in [5, 5.41) is 3.42. The van der Waals surface area contributed by atoms with Crippen molar-refractivity contribution in [3.63, 3.8) is 0 Å². The summed E-state index contributed by atoms with van der Waals surface area (Å²) in [6, 6.07) is 6.42. The Morgan fingerprint density at radius 3 is 2.52 bits per heavy atom. The van der Waals surface area contributed by atoms with E-state index in [0.717, 1.165) is 45.9 Å². The van der Waals surface area contributed by atoms with E-state index < -0.39 is 0 Å². The van der Waals surface area contributed by atoms with Crippen molar-refractivity contribution >= 4 is 28.4 Å². The highest BCUT2D eigenvalue weighted by atomic mass is 127. The van der Waals surface area contributed by atoms with Crippen LogP contribution in [0.4, 0.5) is 5.82 Å². The van der Waals surface area contributed by atoms with E-state index in [4.69, 9.17) is 9.97 Å². The molecule has 0 aliphatic rings. The molecule has 2 rings (SSSR count). The Labute approximate surface area is 140 Å². The fourth-order valence-corrected chi connectivity index (χ4v) is 3.09. The topological polar surface area (TPSA) is 37.8 Å². The molecule has 0 unspecified atom stereocenters. The van der Waals surface area contributed by atoms with Crippen molar-refractivity contribution < 1.29 is 0 Å². The maximum Gasteiger partial charge on any atom is 0.162 e. The molecule has 4 heteroatoms. The van der Waals surface area contributed by atoms with E-state index in [0.29, 0.717) is 0 Å². The van der Waals surface area contributed by atoms with Gasteiger partial charge in [0.15, 0.2) is 5.82 Å². The first-order chi connectivity index (χ1) is 10.1. The standard InChI is InChI=1S/C17H22IN3/c1-5-9-19-17-15(18)14(6-2)20-16(21-17)13-8-7-11(3)10-12(13)4/h7-8,10H,5-6,9H2,1-4H3,(H,19,20,21). The first-order valence-electron chi connectivity index (χ1n) is 7.44. The lowest BCUT2D eigenvalue weighted by atomic mass is 10.1. The molecule has 0 saturated carbocycles. The highest BCUT2D eigenvalue weighted by molar-refractivity contribution is 14.1. The molecule has 0 aliphatic carbocycles. The van der Waals surface area contributed by atoms with Gasteiger partial charge in [-0.2, -0.15) is 0 Å². The van der Waals surface area contributed by atoms with Gasteiger partial charge >= 0.3 is 0 Å². The molecule has 3 nitrogen and oxygen atoms in total. The Morgan fingerprint density at radius 2 is 1.90 bits per heavy atom. The van der Waals surface area contributed by atoms with Crippen LogP contribution in [0.3, 0.4) is 0 Å². The predicted octanol–water partition coefficient (Wildman–Crippen LogP) is 4.75. The molecule has 112 valence electrons. The number of halogens is 1. The van der Waals surface area contributed by atoms with E-state index in [1.54, 1.807) is 0 Å². The summed E-state index contributed by atoms with van der Waals surface area (Å²) >= 11 is 2.34.